The average Bonchev–Trinajstić information content (AvgIpc) is 2.00. The summed E-state index contributed by atoms with van der Waals surface area (Å²) in [5.74, 6) is 0. The highest BCUT2D eigenvalue weighted by Gasteiger charge is 2.15. The van der Waals surface area contributed by atoms with E-state index in [4.69, 9.17) is 4.74 Å². The zero-order chi connectivity index (χ0) is 8.27. The van der Waals surface area contributed by atoms with Crippen molar-refractivity contribution in [1.82, 2.24) is 4.90 Å². The molecule has 1 aliphatic rings. The second-order valence-electron chi connectivity index (χ2n) is 3.16. The summed E-state index contributed by atoms with van der Waals surface area (Å²) in [4.78, 5) is 2.20. The molecule has 0 radical (unpaired) electrons. The molecule has 0 fully saturated rings. The minimum Gasteiger partial charge on any atom is -0.376 e. The van der Waals surface area contributed by atoms with E-state index >= 15 is 0 Å². The lowest BCUT2D eigenvalue weighted by Gasteiger charge is -2.30. The molecule has 0 saturated carbocycles. The van der Waals surface area contributed by atoms with Crippen molar-refractivity contribution in [2.24, 2.45) is 0 Å². The summed E-state index contributed by atoms with van der Waals surface area (Å²) in [6.45, 7) is 5.16. The molecule has 2 unspecified atom stereocenters. The van der Waals surface area contributed by atoms with Crippen molar-refractivity contribution in [2.75, 3.05) is 13.7 Å². The Kier molecular flexibility index (Phi) is 2.94. The Hall–Kier alpha value is -0.500. The summed E-state index contributed by atoms with van der Waals surface area (Å²) >= 11 is 0. The third kappa shape index (κ3) is 2.22. The van der Waals surface area contributed by atoms with Gasteiger partial charge in [-0.15, -0.1) is 0 Å². The third-order valence-electron chi connectivity index (χ3n) is 2.33. The van der Waals surface area contributed by atoms with Crippen LogP contribution in [0.4, 0.5) is 0 Å². The maximum atomic E-state index is 5.57. The minimum absolute atomic E-state index is 0.338. The van der Waals surface area contributed by atoms with Crippen LogP contribution in [0.2, 0.25) is 0 Å². The maximum Gasteiger partial charge on any atom is 0.0747 e. The predicted octanol–water partition coefficient (Wildman–Crippen LogP) is 1.63. The molecule has 0 aliphatic carbocycles. The first-order valence-corrected chi connectivity index (χ1v) is 4.22. The maximum absolute atomic E-state index is 5.57. The van der Waals surface area contributed by atoms with Gasteiger partial charge in [0.1, 0.15) is 0 Å². The van der Waals surface area contributed by atoms with Gasteiger partial charge in [-0.1, -0.05) is 6.08 Å². The fraction of sp³-hybridized carbons (Fsp3) is 0.778. The lowest BCUT2D eigenvalue weighted by molar-refractivity contribution is 0.0194. The van der Waals surface area contributed by atoms with Gasteiger partial charge in [0.15, 0.2) is 0 Å². The van der Waals surface area contributed by atoms with Gasteiger partial charge in [0, 0.05) is 7.05 Å². The Labute approximate surface area is 68.8 Å². The topological polar surface area (TPSA) is 12.5 Å². The Morgan fingerprint density at radius 3 is 2.91 bits per heavy atom. The summed E-state index contributed by atoms with van der Waals surface area (Å²) in [6, 6.07) is 0.478. The first kappa shape index (κ1) is 8.60. The number of hydrogen-bond donors (Lipinski definition) is 0. The van der Waals surface area contributed by atoms with Crippen molar-refractivity contribution in [1.29, 1.82) is 0 Å². The van der Waals surface area contributed by atoms with Crippen molar-refractivity contribution >= 4 is 0 Å². The van der Waals surface area contributed by atoms with E-state index in [0.29, 0.717) is 12.1 Å². The molecule has 1 aliphatic heterocycles. The number of nitrogens with zero attached hydrogens (tertiary/aromatic N) is 1. The van der Waals surface area contributed by atoms with Crippen molar-refractivity contribution in [3.8, 4) is 0 Å². The summed E-state index contributed by atoms with van der Waals surface area (Å²) in [7, 11) is 2.09. The van der Waals surface area contributed by atoms with Gasteiger partial charge in [0.25, 0.3) is 0 Å². The molecule has 0 aromatic rings. The first-order valence-electron chi connectivity index (χ1n) is 4.22. The van der Waals surface area contributed by atoms with Gasteiger partial charge in [-0.05, 0) is 26.5 Å². The van der Waals surface area contributed by atoms with Crippen LogP contribution in [-0.4, -0.2) is 30.7 Å². The van der Waals surface area contributed by atoms with Crippen LogP contribution in [-0.2, 0) is 4.74 Å². The Bertz CT molecular complexity index is 144. The molecule has 11 heavy (non-hydrogen) atoms. The fourth-order valence-corrected chi connectivity index (χ4v) is 1.17. The summed E-state index contributed by atoms with van der Waals surface area (Å²) in [6.07, 6.45) is 5.66. The van der Waals surface area contributed by atoms with Crippen LogP contribution in [0.25, 0.3) is 0 Å². The van der Waals surface area contributed by atoms with Gasteiger partial charge in [0.05, 0.1) is 18.8 Å². The summed E-state index contributed by atoms with van der Waals surface area (Å²) < 4.78 is 5.57. The molecule has 2 atom stereocenters. The van der Waals surface area contributed by atoms with Crippen molar-refractivity contribution in [2.45, 2.75) is 32.4 Å². The summed E-state index contributed by atoms with van der Waals surface area (Å²) in [5.41, 5.74) is 0. The molecule has 0 N–H and O–H groups in total. The second-order valence-corrected chi connectivity index (χ2v) is 3.16. The number of likely N-dealkylation sites (N-methyl/N-ethyl adjacent to an activating group) is 1. The summed E-state index contributed by atoms with van der Waals surface area (Å²) in [5, 5.41) is 0. The molecule has 0 saturated heterocycles. The van der Waals surface area contributed by atoms with E-state index in [9.17, 15) is 0 Å². The van der Waals surface area contributed by atoms with E-state index in [2.05, 4.69) is 38.1 Å². The molecule has 0 amide bonds. The normalized spacial score (nSPS) is 33.2. The molecule has 1 rings (SSSR count). The van der Waals surface area contributed by atoms with E-state index in [0.717, 1.165) is 13.0 Å². The zero-order valence-corrected chi connectivity index (χ0v) is 7.58. The van der Waals surface area contributed by atoms with Crippen molar-refractivity contribution in [3.05, 3.63) is 12.3 Å². The molecule has 0 spiro atoms. The fourth-order valence-electron chi connectivity index (χ4n) is 1.17. The SMILES string of the molecule is CC1OCCC=CN(C)C1C. The van der Waals surface area contributed by atoms with Crippen molar-refractivity contribution in [3.63, 3.8) is 0 Å². The molecule has 0 bridgehead atoms. The average molecular weight is 155 g/mol. The number of hydrogen-bond acceptors (Lipinski definition) is 2. The molecular weight excluding hydrogens is 138 g/mol. The van der Waals surface area contributed by atoms with Gasteiger partial charge in [-0.2, -0.15) is 0 Å². The third-order valence-corrected chi connectivity index (χ3v) is 2.33. The quantitative estimate of drug-likeness (QED) is 0.527. The van der Waals surface area contributed by atoms with E-state index in [1.54, 1.807) is 0 Å². The largest absolute Gasteiger partial charge is 0.376 e. The Morgan fingerprint density at radius 1 is 1.45 bits per heavy atom. The van der Waals surface area contributed by atoms with Crippen LogP contribution in [0.1, 0.15) is 20.3 Å². The van der Waals surface area contributed by atoms with Crippen LogP contribution >= 0.6 is 0 Å². The number of ether oxygens (including phenoxy) is 1. The molecule has 64 valence electrons. The van der Waals surface area contributed by atoms with Gasteiger partial charge in [-0.3, -0.25) is 0 Å². The highest BCUT2D eigenvalue weighted by Crippen LogP contribution is 2.09. The molecule has 2 nitrogen and oxygen atoms in total. The molecule has 0 aromatic heterocycles. The Balaban J connectivity index is 2.57. The monoisotopic (exact) mass is 155 g/mol. The first-order chi connectivity index (χ1) is 5.22. The lowest BCUT2D eigenvalue weighted by atomic mass is 10.2. The molecule has 1 heterocycles. The van der Waals surface area contributed by atoms with Crippen LogP contribution in [0.5, 0.6) is 0 Å². The van der Waals surface area contributed by atoms with Crippen LogP contribution in [0.3, 0.4) is 0 Å². The standard InChI is InChI=1S/C9H17NO/c1-8-9(2)11-7-5-4-6-10(8)3/h4,6,8-9H,5,7H2,1-3H3. The van der Waals surface area contributed by atoms with Crippen LogP contribution < -0.4 is 0 Å². The highest BCUT2D eigenvalue weighted by atomic mass is 16.5. The van der Waals surface area contributed by atoms with E-state index in [1.807, 2.05) is 0 Å². The molecule has 2 heteroatoms. The minimum atomic E-state index is 0.338. The smallest absolute Gasteiger partial charge is 0.0747 e. The zero-order valence-electron chi connectivity index (χ0n) is 7.58. The predicted molar refractivity (Wildman–Crippen MR) is 46.4 cm³/mol. The van der Waals surface area contributed by atoms with E-state index < -0.39 is 0 Å². The van der Waals surface area contributed by atoms with Crippen LogP contribution in [0.15, 0.2) is 12.3 Å². The molecule has 0 aromatic carbocycles. The lowest BCUT2D eigenvalue weighted by Crippen LogP contribution is -2.36. The second kappa shape index (κ2) is 3.77. The van der Waals surface area contributed by atoms with Crippen LogP contribution in [0, 0.1) is 0 Å². The molecular formula is C9H17NO. The van der Waals surface area contributed by atoms with Crippen molar-refractivity contribution < 1.29 is 4.74 Å². The number of rotatable bonds is 0. The van der Waals surface area contributed by atoms with Gasteiger partial charge in [-0.25, -0.2) is 0 Å². The highest BCUT2D eigenvalue weighted by molar-refractivity contribution is 4.87. The van der Waals surface area contributed by atoms with Gasteiger partial charge >= 0.3 is 0 Å². The van der Waals surface area contributed by atoms with Gasteiger partial charge < -0.3 is 9.64 Å². The van der Waals surface area contributed by atoms with E-state index in [1.165, 1.54) is 0 Å². The Morgan fingerprint density at radius 2 is 2.18 bits per heavy atom. The van der Waals surface area contributed by atoms with Gasteiger partial charge in [0.2, 0.25) is 0 Å². The van der Waals surface area contributed by atoms with E-state index in [-0.39, 0.29) is 0 Å².